The summed E-state index contributed by atoms with van der Waals surface area (Å²) >= 11 is 11.9. The van der Waals surface area contributed by atoms with Gasteiger partial charge in [-0.15, -0.1) is 0 Å². The molecule has 0 spiro atoms. The maximum absolute atomic E-state index is 12.8. The van der Waals surface area contributed by atoms with Crippen LogP contribution in [0.2, 0.25) is 10.0 Å². The Morgan fingerprint density at radius 2 is 1.97 bits per heavy atom. The third-order valence-corrected chi connectivity index (χ3v) is 7.16. The van der Waals surface area contributed by atoms with Gasteiger partial charge in [0.25, 0.3) is 0 Å². The van der Waals surface area contributed by atoms with E-state index in [1.807, 2.05) is 42.0 Å². The molecular weight excluding hydrogens is 459 g/mol. The standard InChI is InChI=1S/C21H20Cl2N4O3S/c1-3-27-20(13(2)26-31(28,29)16-6-7-17(22)18(23)11-16)12-25-21(27)30-15-5-4-14-8-9-24-19(14)10-15/h4-13,24,26H,3H2,1-2H3. The molecule has 0 aliphatic heterocycles. The molecule has 2 N–H and O–H groups in total. The molecule has 0 aliphatic rings. The van der Waals surface area contributed by atoms with E-state index in [4.69, 9.17) is 27.9 Å². The molecule has 4 rings (SSSR count). The number of aromatic nitrogens is 3. The molecule has 1 unspecified atom stereocenters. The number of benzene rings is 2. The Hall–Kier alpha value is -2.52. The van der Waals surface area contributed by atoms with Crippen LogP contribution in [-0.4, -0.2) is 23.0 Å². The van der Waals surface area contributed by atoms with Gasteiger partial charge in [-0.2, -0.15) is 0 Å². The summed E-state index contributed by atoms with van der Waals surface area (Å²) in [4.78, 5) is 7.54. The molecule has 0 aliphatic carbocycles. The van der Waals surface area contributed by atoms with Crippen molar-refractivity contribution >= 4 is 44.1 Å². The van der Waals surface area contributed by atoms with Gasteiger partial charge in [0.05, 0.1) is 32.9 Å². The second kappa shape index (κ2) is 8.55. The molecule has 0 saturated heterocycles. The molecule has 2 aromatic carbocycles. The number of halogens is 2. The van der Waals surface area contributed by atoms with Crippen molar-refractivity contribution in [2.45, 2.75) is 31.3 Å². The summed E-state index contributed by atoms with van der Waals surface area (Å²) in [5, 5.41) is 1.54. The number of nitrogens with one attached hydrogen (secondary N) is 2. The fraction of sp³-hybridized carbons (Fsp3) is 0.190. The first kappa shape index (κ1) is 21.7. The lowest BCUT2D eigenvalue weighted by molar-refractivity contribution is 0.408. The average molecular weight is 479 g/mol. The van der Waals surface area contributed by atoms with E-state index in [0.717, 1.165) is 10.9 Å². The van der Waals surface area contributed by atoms with Crippen LogP contribution in [0.4, 0.5) is 0 Å². The summed E-state index contributed by atoms with van der Waals surface area (Å²) in [5.41, 5.74) is 1.62. The minimum Gasteiger partial charge on any atom is -0.425 e. The number of rotatable bonds is 7. The highest BCUT2D eigenvalue weighted by Crippen LogP contribution is 2.29. The Kier molecular flexibility index (Phi) is 5.98. The van der Waals surface area contributed by atoms with Crippen molar-refractivity contribution in [1.82, 2.24) is 19.3 Å². The molecule has 2 aromatic heterocycles. The number of sulfonamides is 1. The van der Waals surface area contributed by atoms with Gasteiger partial charge in [-0.25, -0.2) is 18.1 Å². The fourth-order valence-corrected chi connectivity index (χ4v) is 4.92. The SMILES string of the molecule is CCn1c(C(C)NS(=O)(=O)c2ccc(Cl)c(Cl)c2)cnc1Oc1ccc2cc[nH]c2c1. The van der Waals surface area contributed by atoms with Crippen LogP contribution in [0.25, 0.3) is 10.9 Å². The molecular formula is C21H20Cl2N4O3S. The topological polar surface area (TPSA) is 89.0 Å². The van der Waals surface area contributed by atoms with Crippen molar-refractivity contribution in [1.29, 1.82) is 0 Å². The summed E-state index contributed by atoms with van der Waals surface area (Å²) in [5.74, 6) is 0.630. The molecule has 1 atom stereocenters. The van der Waals surface area contributed by atoms with Gasteiger partial charge in [0.1, 0.15) is 5.75 Å². The molecule has 31 heavy (non-hydrogen) atoms. The summed E-state index contributed by atoms with van der Waals surface area (Å²) in [7, 11) is -3.82. The van der Waals surface area contributed by atoms with Gasteiger partial charge in [-0.3, -0.25) is 4.57 Å². The number of imidazole rings is 1. The predicted octanol–water partition coefficient (Wildman–Crippen LogP) is 5.52. The number of ether oxygens (including phenoxy) is 1. The number of nitrogens with zero attached hydrogens (tertiary/aromatic N) is 2. The first-order chi connectivity index (χ1) is 14.8. The minimum atomic E-state index is -3.82. The Balaban J connectivity index is 1.57. The number of fused-ring (bicyclic) bond motifs is 1. The molecule has 0 saturated carbocycles. The molecule has 4 aromatic rings. The van der Waals surface area contributed by atoms with Gasteiger partial charge in [-0.05, 0) is 55.6 Å². The lowest BCUT2D eigenvalue weighted by atomic mass is 10.2. The van der Waals surface area contributed by atoms with Crippen molar-refractivity contribution in [3.05, 3.63) is 70.6 Å². The highest BCUT2D eigenvalue weighted by molar-refractivity contribution is 7.89. The molecule has 0 amide bonds. The minimum absolute atomic E-state index is 0.0343. The average Bonchev–Trinajstić information content (AvgIpc) is 3.35. The van der Waals surface area contributed by atoms with Crippen LogP contribution in [0.1, 0.15) is 25.6 Å². The van der Waals surface area contributed by atoms with Gasteiger partial charge >= 0.3 is 6.01 Å². The second-order valence-corrected chi connectivity index (χ2v) is 9.49. The summed E-state index contributed by atoms with van der Waals surface area (Å²) in [6.45, 7) is 4.23. The van der Waals surface area contributed by atoms with Gasteiger partial charge in [0, 0.05) is 24.3 Å². The Bertz CT molecular complexity index is 1350. The van der Waals surface area contributed by atoms with Gasteiger partial charge in [0.15, 0.2) is 0 Å². The third-order valence-electron chi connectivity index (χ3n) is 4.88. The molecule has 0 fully saturated rings. The monoisotopic (exact) mass is 478 g/mol. The number of hydrogen-bond donors (Lipinski definition) is 2. The molecule has 2 heterocycles. The Morgan fingerprint density at radius 3 is 2.71 bits per heavy atom. The van der Waals surface area contributed by atoms with E-state index in [-0.39, 0.29) is 14.9 Å². The van der Waals surface area contributed by atoms with Crippen LogP contribution in [-0.2, 0) is 16.6 Å². The predicted molar refractivity (Wildman–Crippen MR) is 121 cm³/mol. The normalized spacial score (nSPS) is 12.9. The molecule has 10 heteroatoms. The van der Waals surface area contributed by atoms with Gasteiger partial charge in [0.2, 0.25) is 10.0 Å². The maximum Gasteiger partial charge on any atom is 0.302 e. The van der Waals surface area contributed by atoms with E-state index in [9.17, 15) is 8.42 Å². The highest BCUT2D eigenvalue weighted by atomic mass is 35.5. The van der Waals surface area contributed by atoms with E-state index in [2.05, 4.69) is 14.7 Å². The lowest BCUT2D eigenvalue weighted by Gasteiger charge is -2.17. The van der Waals surface area contributed by atoms with Crippen LogP contribution < -0.4 is 9.46 Å². The van der Waals surface area contributed by atoms with E-state index in [0.29, 0.717) is 24.0 Å². The molecule has 0 radical (unpaired) electrons. The zero-order valence-corrected chi connectivity index (χ0v) is 19.1. The van der Waals surface area contributed by atoms with Crippen molar-refractivity contribution < 1.29 is 13.2 Å². The largest absolute Gasteiger partial charge is 0.425 e. The zero-order valence-electron chi connectivity index (χ0n) is 16.8. The Labute approximate surface area is 190 Å². The van der Waals surface area contributed by atoms with E-state index < -0.39 is 16.1 Å². The van der Waals surface area contributed by atoms with Crippen molar-refractivity contribution in [2.24, 2.45) is 0 Å². The van der Waals surface area contributed by atoms with Gasteiger partial charge < -0.3 is 9.72 Å². The number of hydrogen-bond acceptors (Lipinski definition) is 4. The summed E-state index contributed by atoms with van der Waals surface area (Å²) in [6, 6.07) is 11.7. The van der Waals surface area contributed by atoms with Crippen LogP contribution in [0.5, 0.6) is 11.8 Å². The first-order valence-electron chi connectivity index (χ1n) is 9.56. The fourth-order valence-electron chi connectivity index (χ4n) is 3.32. The third kappa shape index (κ3) is 4.43. The van der Waals surface area contributed by atoms with E-state index in [1.54, 1.807) is 13.1 Å². The van der Waals surface area contributed by atoms with E-state index >= 15 is 0 Å². The lowest BCUT2D eigenvalue weighted by Crippen LogP contribution is -2.28. The summed E-state index contributed by atoms with van der Waals surface area (Å²) < 4.78 is 36.0. The van der Waals surface area contributed by atoms with Gasteiger partial charge in [-0.1, -0.05) is 23.2 Å². The highest BCUT2D eigenvalue weighted by Gasteiger charge is 2.23. The molecule has 0 bridgehead atoms. The van der Waals surface area contributed by atoms with Crippen molar-refractivity contribution in [3.63, 3.8) is 0 Å². The first-order valence-corrected chi connectivity index (χ1v) is 11.8. The van der Waals surface area contributed by atoms with Crippen LogP contribution in [0, 0.1) is 0 Å². The number of H-pyrrole nitrogens is 1. The summed E-state index contributed by atoms with van der Waals surface area (Å²) in [6.07, 6.45) is 3.47. The molecule has 7 nitrogen and oxygen atoms in total. The smallest absolute Gasteiger partial charge is 0.302 e. The molecule has 162 valence electrons. The van der Waals surface area contributed by atoms with Crippen molar-refractivity contribution in [3.8, 4) is 11.8 Å². The Morgan fingerprint density at radius 1 is 1.16 bits per heavy atom. The van der Waals surface area contributed by atoms with Crippen LogP contribution in [0.3, 0.4) is 0 Å². The van der Waals surface area contributed by atoms with Crippen LogP contribution in [0.15, 0.2) is 59.8 Å². The quantitative estimate of drug-likeness (QED) is 0.365. The second-order valence-electron chi connectivity index (χ2n) is 6.96. The van der Waals surface area contributed by atoms with Crippen LogP contribution >= 0.6 is 23.2 Å². The number of aromatic amines is 1. The maximum atomic E-state index is 12.8. The zero-order chi connectivity index (χ0) is 22.2. The van der Waals surface area contributed by atoms with E-state index in [1.165, 1.54) is 18.2 Å². The van der Waals surface area contributed by atoms with Crippen molar-refractivity contribution in [2.75, 3.05) is 0 Å².